The van der Waals surface area contributed by atoms with E-state index in [9.17, 15) is 4.79 Å². The Morgan fingerprint density at radius 3 is 2.82 bits per heavy atom. The van der Waals surface area contributed by atoms with Gasteiger partial charge in [-0.1, -0.05) is 0 Å². The number of rotatable bonds is 7. The van der Waals surface area contributed by atoms with Crippen molar-refractivity contribution in [3.05, 3.63) is 58.4 Å². The van der Waals surface area contributed by atoms with E-state index in [1.54, 1.807) is 41.9 Å². The van der Waals surface area contributed by atoms with Crippen molar-refractivity contribution in [3.63, 3.8) is 0 Å². The van der Waals surface area contributed by atoms with Gasteiger partial charge in [0.15, 0.2) is 16.6 Å². The monoisotopic (exact) mass is 398 g/mol. The summed E-state index contributed by atoms with van der Waals surface area (Å²) in [6.07, 6.45) is 3.41. The topological polar surface area (TPSA) is 77.7 Å². The number of hydrazone groups is 1. The van der Waals surface area contributed by atoms with E-state index in [2.05, 4.69) is 20.1 Å². The lowest BCUT2D eigenvalue weighted by molar-refractivity contribution is 0.0954. The molecule has 0 radical (unpaired) electrons. The third-order valence-corrected chi connectivity index (χ3v) is 4.93. The van der Waals surface area contributed by atoms with E-state index < -0.39 is 0 Å². The molecule has 0 spiro atoms. The molecule has 1 N–H and O–H groups in total. The van der Waals surface area contributed by atoms with Crippen molar-refractivity contribution in [2.75, 3.05) is 13.7 Å². The van der Waals surface area contributed by atoms with Gasteiger partial charge in [-0.05, 0) is 45.0 Å². The minimum Gasteiger partial charge on any atom is -0.493 e. The highest BCUT2D eigenvalue weighted by Crippen LogP contribution is 2.28. The number of nitrogens with zero attached hydrogens (tertiary/aromatic N) is 3. The Bertz CT molecular complexity index is 993. The number of aromatic nitrogens is 2. The van der Waals surface area contributed by atoms with Gasteiger partial charge in [-0.15, -0.1) is 11.3 Å². The molecule has 28 heavy (non-hydrogen) atoms. The van der Waals surface area contributed by atoms with E-state index >= 15 is 0 Å². The fourth-order valence-corrected chi connectivity index (χ4v) is 3.60. The second-order valence-corrected chi connectivity index (χ2v) is 6.85. The van der Waals surface area contributed by atoms with Gasteiger partial charge in [-0.2, -0.15) is 5.10 Å². The van der Waals surface area contributed by atoms with Crippen molar-refractivity contribution in [1.82, 2.24) is 15.0 Å². The fourth-order valence-electron chi connectivity index (χ4n) is 2.85. The van der Waals surface area contributed by atoms with Crippen molar-refractivity contribution < 1.29 is 14.3 Å². The van der Waals surface area contributed by atoms with Crippen molar-refractivity contribution in [2.24, 2.45) is 5.10 Å². The Morgan fingerprint density at radius 2 is 2.14 bits per heavy atom. The van der Waals surface area contributed by atoms with Crippen molar-refractivity contribution in [3.8, 4) is 16.6 Å². The summed E-state index contributed by atoms with van der Waals surface area (Å²) in [5.74, 6) is 0.775. The van der Waals surface area contributed by atoms with Crippen molar-refractivity contribution in [1.29, 1.82) is 0 Å². The lowest BCUT2D eigenvalue weighted by atomic mass is 10.2. The maximum absolute atomic E-state index is 12.4. The molecule has 0 bridgehead atoms. The average Bonchev–Trinajstić information content (AvgIpc) is 3.30. The molecule has 3 aromatic rings. The summed E-state index contributed by atoms with van der Waals surface area (Å²) < 4.78 is 12.8. The molecule has 146 valence electrons. The van der Waals surface area contributed by atoms with E-state index in [-0.39, 0.29) is 5.91 Å². The summed E-state index contributed by atoms with van der Waals surface area (Å²) >= 11 is 1.57. The van der Waals surface area contributed by atoms with Crippen LogP contribution in [0, 0.1) is 13.8 Å². The Hall–Kier alpha value is -3.13. The number of hydrogen-bond acceptors (Lipinski definition) is 6. The van der Waals surface area contributed by atoms with E-state index in [1.807, 2.05) is 32.2 Å². The van der Waals surface area contributed by atoms with Crippen LogP contribution < -0.4 is 14.9 Å². The van der Waals surface area contributed by atoms with Crippen LogP contribution in [0.1, 0.15) is 34.2 Å². The Labute approximate surface area is 167 Å². The zero-order valence-electron chi connectivity index (χ0n) is 16.2. The Kier molecular flexibility index (Phi) is 6.10. The molecule has 1 aromatic carbocycles. The summed E-state index contributed by atoms with van der Waals surface area (Å²) in [7, 11) is 1.54. The number of methoxy groups -OCH3 is 1. The van der Waals surface area contributed by atoms with Gasteiger partial charge < -0.3 is 9.47 Å². The van der Waals surface area contributed by atoms with Gasteiger partial charge >= 0.3 is 0 Å². The summed E-state index contributed by atoms with van der Waals surface area (Å²) in [6, 6.07) is 7.02. The van der Waals surface area contributed by atoms with Gasteiger partial charge in [0.2, 0.25) is 0 Å². The first kappa shape index (κ1) is 19.6. The lowest BCUT2D eigenvalue weighted by Gasteiger charge is -2.10. The first-order valence-electron chi connectivity index (χ1n) is 8.78. The largest absolute Gasteiger partial charge is 0.493 e. The molecular weight excluding hydrogens is 376 g/mol. The average molecular weight is 398 g/mol. The maximum atomic E-state index is 12.4. The van der Waals surface area contributed by atoms with Crippen LogP contribution in [0.3, 0.4) is 0 Å². The molecule has 0 aliphatic rings. The van der Waals surface area contributed by atoms with Crippen LogP contribution in [0.25, 0.3) is 5.13 Å². The van der Waals surface area contributed by atoms with Gasteiger partial charge in [0.1, 0.15) is 0 Å². The zero-order chi connectivity index (χ0) is 20.1. The van der Waals surface area contributed by atoms with E-state index in [0.29, 0.717) is 23.7 Å². The summed E-state index contributed by atoms with van der Waals surface area (Å²) in [5.41, 5.74) is 5.96. The summed E-state index contributed by atoms with van der Waals surface area (Å²) in [4.78, 5) is 16.7. The third kappa shape index (κ3) is 4.07. The smallest absolute Gasteiger partial charge is 0.271 e. The van der Waals surface area contributed by atoms with Crippen LogP contribution in [0.5, 0.6) is 11.5 Å². The molecule has 0 fully saturated rings. The highest BCUT2D eigenvalue weighted by molar-refractivity contribution is 7.12. The predicted octanol–water partition coefficient (Wildman–Crippen LogP) is 3.72. The number of carbonyl (C=O) groups excluding carboxylic acids is 1. The molecule has 0 saturated heterocycles. The third-order valence-electron chi connectivity index (χ3n) is 4.18. The zero-order valence-corrected chi connectivity index (χ0v) is 17.0. The second kappa shape index (κ2) is 8.71. The number of carbonyl (C=O) groups is 1. The molecule has 2 aromatic heterocycles. The lowest BCUT2D eigenvalue weighted by Crippen LogP contribution is -2.17. The standard InChI is InChI=1S/C20H22N4O3S/c1-5-27-17-7-6-15(11-18(17)26-4)19(25)23-22-12-16-10-13(2)24(14(16)3)20-21-8-9-28-20/h6-12H,5H2,1-4H3,(H,23,25)/b22-12-. The normalized spacial score (nSPS) is 11.0. The molecule has 7 nitrogen and oxygen atoms in total. The number of thiazole rings is 1. The first-order chi connectivity index (χ1) is 13.5. The fraction of sp³-hybridized carbons (Fsp3) is 0.250. The highest BCUT2D eigenvalue weighted by Gasteiger charge is 2.12. The number of amides is 1. The minimum atomic E-state index is -0.327. The molecule has 0 saturated carbocycles. The SMILES string of the molecule is CCOc1ccc(C(=O)N/N=C\c2cc(C)n(-c3nccs3)c2C)cc1OC. The number of benzene rings is 1. The van der Waals surface area contributed by atoms with E-state index in [1.165, 1.54) is 7.11 Å². The minimum absolute atomic E-state index is 0.327. The summed E-state index contributed by atoms with van der Waals surface area (Å²) in [5, 5.41) is 6.94. The quantitative estimate of drug-likeness (QED) is 0.486. The van der Waals surface area contributed by atoms with Crippen molar-refractivity contribution in [2.45, 2.75) is 20.8 Å². The van der Waals surface area contributed by atoms with Crippen LogP contribution in [-0.2, 0) is 0 Å². The van der Waals surface area contributed by atoms with Gasteiger partial charge in [0.25, 0.3) is 5.91 Å². The molecule has 1 amide bonds. The van der Waals surface area contributed by atoms with Crippen LogP contribution in [0.4, 0.5) is 0 Å². The Morgan fingerprint density at radius 1 is 1.32 bits per heavy atom. The van der Waals surface area contributed by atoms with Gasteiger partial charge in [0.05, 0.1) is 19.9 Å². The number of hydrogen-bond donors (Lipinski definition) is 1. The van der Waals surface area contributed by atoms with Gasteiger partial charge in [-0.3, -0.25) is 9.36 Å². The molecule has 3 rings (SSSR count). The highest BCUT2D eigenvalue weighted by atomic mass is 32.1. The number of ether oxygens (including phenoxy) is 2. The predicted molar refractivity (Wildman–Crippen MR) is 110 cm³/mol. The number of nitrogens with one attached hydrogen (secondary N) is 1. The molecule has 0 unspecified atom stereocenters. The van der Waals surface area contributed by atoms with Crippen molar-refractivity contribution >= 4 is 23.5 Å². The van der Waals surface area contributed by atoms with Crippen LogP contribution in [0.15, 0.2) is 40.9 Å². The Balaban J connectivity index is 1.73. The molecule has 2 heterocycles. The molecular formula is C20H22N4O3S. The molecule has 0 aliphatic carbocycles. The van der Waals surface area contributed by atoms with E-state index in [0.717, 1.165) is 22.1 Å². The van der Waals surface area contributed by atoms with Gasteiger partial charge in [-0.25, -0.2) is 10.4 Å². The van der Waals surface area contributed by atoms with Crippen LogP contribution in [0.2, 0.25) is 0 Å². The van der Waals surface area contributed by atoms with Gasteiger partial charge in [0, 0.05) is 34.1 Å². The van der Waals surface area contributed by atoms with Crippen LogP contribution >= 0.6 is 11.3 Å². The van der Waals surface area contributed by atoms with E-state index in [4.69, 9.17) is 9.47 Å². The van der Waals surface area contributed by atoms with Crippen LogP contribution in [-0.4, -0.2) is 35.4 Å². The second-order valence-electron chi connectivity index (χ2n) is 5.97. The summed E-state index contributed by atoms with van der Waals surface area (Å²) in [6.45, 7) is 6.41. The molecule has 0 atom stereocenters. The first-order valence-corrected chi connectivity index (χ1v) is 9.66. The number of aryl methyl sites for hydroxylation is 1. The molecule has 0 aliphatic heterocycles. The molecule has 8 heteroatoms. The maximum Gasteiger partial charge on any atom is 0.271 e.